The van der Waals surface area contributed by atoms with Gasteiger partial charge in [0.2, 0.25) is 11.9 Å². The average molecular weight is 398 g/mol. The van der Waals surface area contributed by atoms with Crippen LogP contribution in [-0.4, -0.2) is 47.5 Å². The first kappa shape index (κ1) is 17.6. The lowest BCUT2D eigenvalue weighted by atomic mass is 10.00. The summed E-state index contributed by atoms with van der Waals surface area (Å²) in [5.41, 5.74) is 2.28. The minimum absolute atomic E-state index is 0.0558. The Kier molecular flexibility index (Phi) is 4.12. The highest BCUT2D eigenvalue weighted by Crippen LogP contribution is 2.41. The van der Waals surface area contributed by atoms with Crippen molar-refractivity contribution in [3.05, 3.63) is 47.8 Å². The highest BCUT2D eigenvalue weighted by Gasteiger charge is 2.48. The van der Waals surface area contributed by atoms with Crippen molar-refractivity contribution in [1.82, 2.24) is 14.9 Å². The summed E-state index contributed by atoms with van der Waals surface area (Å²) < 4.78 is 25.6. The quantitative estimate of drug-likeness (QED) is 0.849. The van der Waals surface area contributed by atoms with Crippen LogP contribution in [-0.2, 0) is 20.4 Å². The molecule has 146 valence electrons. The molecule has 28 heavy (non-hydrogen) atoms. The zero-order valence-electron chi connectivity index (χ0n) is 15.4. The van der Waals surface area contributed by atoms with Gasteiger partial charge in [-0.25, -0.2) is 18.4 Å². The predicted molar refractivity (Wildman–Crippen MR) is 105 cm³/mol. The molecular weight excluding hydrogens is 376 g/mol. The van der Waals surface area contributed by atoms with E-state index < -0.39 is 15.1 Å². The lowest BCUT2D eigenvalue weighted by molar-refractivity contribution is -0.130. The first-order valence-electron chi connectivity index (χ1n) is 9.67. The highest BCUT2D eigenvalue weighted by atomic mass is 32.2. The number of fused-ring (bicyclic) bond motifs is 3. The molecule has 2 fully saturated rings. The minimum Gasteiger partial charge on any atom is -0.341 e. The van der Waals surface area contributed by atoms with E-state index in [9.17, 15) is 13.2 Å². The van der Waals surface area contributed by atoms with Crippen molar-refractivity contribution in [2.24, 2.45) is 5.92 Å². The van der Waals surface area contributed by atoms with E-state index in [1.54, 1.807) is 11.1 Å². The molecule has 1 N–H and O–H groups in total. The molecule has 2 atom stereocenters. The van der Waals surface area contributed by atoms with Crippen molar-refractivity contribution >= 4 is 27.4 Å². The summed E-state index contributed by atoms with van der Waals surface area (Å²) in [6.45, 7) is 0.702. The second-order valence-electron chi connectivity index (χ2n) is 7.99. The maximum Gasteiger partial charge on any atom is 0.227 e. The second kappa shape index (κ2) is 6.55. The first-order valence-corrected chi connectivity index (χ1v) is 11.4. The number of hydrogen-bond acceptors (Lipinski definition) is 6. The van der Waals surface area contributed by atoms with E-state index in [1.165, 1.54) is 0 Å². The fourth-order valence-electron chi connectivity index (χ4n) is 4.19. The van der Waals surface area contributed by atoms with Crippen LogP contribution < -0.4 is 5.32 Å². The van der Waals surface area contributed by atoms with E-state index in [0.29, 0.717) is 30.4 Å². The number of anilines is 2. The van der Waals surface area contributed by atoms with Crippen molar-refractivity contribution in [2.75, 3.05) is 18.4 Å². The number of rotatable bonds is 4. The maximum atomic E-state index is 12.8. The standard InChI is InChI=1S/C20H22N4O3S/c25-18(8-13-6-7-13)24-10-16-17(11-24)28(26,27)12-14-9-21-20(23-19(14)16)22-15-4-2-1-3-5-15/h1-5,9,13,16-17H,6-8,10-12H2,(H,21,22,23)/t16-,17+/m1/s1. The Morgan fingerprint density at radius 3 is 2.71 bits per heavy atom. The third-order valence-electron chi connectivity index (χ3n) is 5.88. The van der Waals surface area contributed by atoms with Gasteiger partial charge in [0.15, 0.2) is 9.84 Å². The normalized spacial score (nSPS) is 25.1. The molecule has 0 radical (unpaired) electrons. The SMILES string of the molecule is O=C(CC1CC1)N1C[C@H]2c3nc(Nc4ccccc4)ncc3CS(=O)(=O)[C@H]2C1. The van der Waals surface area contributed by atoms with Crippen molar-refractivity contribution in [3.8, 4) is 0 Å². The zero-order valence-corrected chi connectivity index (χ0v) is 16.2. The number of benzene rings is 1. The lowest BCUT2D eigenvalue weighted by Gasteiger charge is -2.26. The first-order chi connectivity index (χ1) is 13.5. The van der Waals surface area contributed by atoms with Gasteiger partial charge in [0.05, 0.1) is 16.7 Å². The summed E-state index contributed by atoms with van der Waals surface area (Å²) >= 11 is 0. The molecule has 2 aromatic rings. The van der Waals surface area contributed by atoms with Crippen LogP contribution in [0.4, 0.5) is 11.6 Å². The summed E-state index contributed by atoms with van der Waals surface area (Å²) in [6.07, 6.45) is 4.36. The van der Waals surface area contributed by atoms with E-state index in [0.717, 1.165) is 24.2 Å². The molecule has 1 saturated heterocycles. The van der Waals surface area contributed by atoms with Crippen LogP contribution in [0.3, 0.4) is 0 Å². The molecule has 5 rings (SSSR count). The number of hydrogen-bond donors (Lipinski definition) is 1. The van der Waals surface area contributed by atoms with Gasteiger partial charge in [0.25, 0.3) is 0 Å². The summed E-state index contributed by atoms with van der Waals surface area (Å²) in [5.74, 6) is 0.676. The van der Waals surface area contributed by atoms with Gasteiger partial charge < -0.3 is 10.2 Å². The smallest absolute Gasteiger partial charge is 0.227 e. The topological polar surface area (TPSA) is 92.3 Å². The minimum atomic E-state index is -3.32. The van der Waals surface area contributed by atoms with Gasteiger partial charge in [0.1, 0.15) is 0 Å². The Balaban J connectivity index is 1.44. The fourth-order valence-corrected chi connectivity index (χ4v) is 6.18. The molecule has 2 aliphatic heterocycles. The molecule has 1 aliphatic carbocycles. The Bertz CT molecular complexity index is 1020. The van der Waals surface area contributed by atoms with E-state index in [-0.39, 0.29) is 24.1 Å². The van der Waals surface area contributed by atoms with Crippen LogP contribution in [0.5, 0.6) is 0 Å². The summed E-state index contributed by atoms with van der Waals surface area (Å²) in [5, 5.41) is 2.60. The Hall–Kier alpha value is -2.48. The second-order valence-corrected chi connectivity index (χ2v) is 10.2. The zero-order chi connectivity index (χ0) is 19.3. The van der Waals surface area contributed by atoms with Gasteiger partial charge in [-0.1, -0.05) is 18.2 Å². The van der Waals surface area contributed by atoms with Crippen LogP contribution >= 0.6 is 0 Å². The van der Waals surface area contributed by atoms with Crippen LogP contribution in [0, 0.1) is 5.92 Å². The average Bonchev–Trinajstić information content (AvgIpc) is 3.36. The molecule has 7 nitrogen and oxygen atoms in total. The van der Waals surface area contributed by atoms with Gasteiger partial charge >= 0.3 is 0 Å². The molecule has 1 amide bonds. The number of sulfone groups is 1. The summed E-state index contributed by atoms with van der Waals surface area (Å²) in [7, 11) is -3.32. The van der Waals surface area contributed by atoms with Gasteiger partial charge in [-0.05, 0) is 30.9 Å². The molecule has 1 saturated carbocycles. The number of amides is 1. The van der Waals surface area contributed by atoms with Crippen molar-refractivity contribution in [1.29, 1.82) is 0 Å². The molecule has 8 heteroatoms. The number of aromatic nitrogens is 2. The van der Waals surface area contributed by atoms with Crippen LogP contribution in [0.25, 0.3) is 0 Å². The molecule has 3 heterocycles. The monoisotopic (exact) mass is 398 g/mol. The van der Waals surface area contributed by atoms with Crippen LogP contribution in [0.15, 0.2) is 36.5 Å². The number of para-hydroxylation sites is 1. The highest BCUT2D eigenvalue weighted by molar-refractivity contribution is 7.91. The number of carbonyl (C=O) groups is 1. The molecule has 3 aliphatic rings. The van der Waals surface area contributed by atoms with E-state index in [2.05, 4.69) is 15.3 Å². The van der Waals surface area contributed by atoms with E-state index in [1.807, 2.05) is 30.3 Å². The predicted octanol–water partition coefficient (Wildman–Crippen LogP) is 2.24. The summed E-state index contributed by atoms with van der Waals surface area (Å²) in [4.78, 5) is 23.2. The van der Waals surface area contributed by atoms with Gasteiger partial charge in [0, 0.05) is 42.9 Å². The summed E-state index contributed by atoms with van der Waals surface area (Å²) in [6, 6.07) is 9.61. The van der Waals surface area contributed by atoms with Gasteiger partial charge in [-0.15, -0.1) is 0 Å². The molecular formula is C20H22N4O3S. The third-order valence-corrected chi connectivity index (χ3v) is 7.99. The van der Waals surface area contributed by atoms with E-state index >= 15 is 0 Å². The van der Waals surface area contributed by atoms with Crippen molar-refractivity contribution in [2.45, 2.75) is 36.2 Å². The molecule has 0 spiro atoms. The van der Waals surface area contributed by atoms with Crippen LogP contribution in [0.2, 0.25) is 0 Å². The van der Waals surface area contributed by atoms with Gasteiger partial charge in [-0.3, -0.25) is 4.79 Å². The maximum absolute atomic E-state index is 12.8. The molecule has 1 aromatic carbocycles. The van der Waals surface area contributed by atoms with Crippen molar-refractivity contribution in [3.63, 3.8) is 0 Å². The number of carbonyl (C=O) groups excluding carboxylic acids is 1. The fraction of sp³-hybridized carbons (Fsp3) is 0.450. The molecule has 0 unspecified atom stereocenters. The van der Waals surface area contributed by atoms with E-state index in [4.69, 9.17) is 0 Å². The molecule has 1 aromatic heterocycles. The Labute approximate surface area is 164 Å². The third kappa shape index (κ3) is 3.26. The number of likely N-dealkylation sites (tertiary alicyclic amines) is 1. The van der Waals surface area contributed by atoms with Gasteiger partial charge in [-0.2, -0.15) is 0 Å². The Morgan fingerprint density at radius 2 is 1.96 bits per heavy atom. The Morgan fingerprint density at radius 1 is 1.18 bits per heavy atom. The number of nitrogens with zero attached hydrogens (tertiary/aromatic N) is 3. The number of nitrogens with one attached hydrogen (secondary N) is 1. The lowest BCUT2D eigenvalue weighted by Crippen LogP contribution is -2.35. The largest absolute Gasteiger partial charge is 0.341 e. The van der Waals surface area contributed by atoms with Crippen molar-refractivity contribution < 1.29 is 13.2 Å². The molecule has 0 bridgehead atoms. The van der Waals surface area contributed by atoms with Crippen LogP contribution in [0.1, 0.15) is 36.4 Å².